The first-order valence-corrected chi connectivity index (χ1v) is 6.42. The lowest BCUT2D eigenvalue weighted by atomic mass is 9.86. The summed E-state index contributed by atoms with van der Waals surface area (Å²) in [5.74, 6) is 0.774. The van der Waals surface area contributed by atoms with E-state index >= 15 is 0 Å². The molecule has 0 aliphatic heterocycles. The first-order chi connectivity index (χ1) is 6.25. The van der Waals surface area contributed by atoms with Gasteiger partial charge in [0.1, 0.15) is 0 Å². The van der Waals surface area contributed by atoms with Gasteiger partial charge in [-0.3, -0.25) is 0 Å². The quantitative estimate of drug-likeness (QED) is 0.821. The molecule has 0 aromatic carbocycles. The zero-order valence-corrected chi connectivity index (χ0v) is 9.90. The van der Waals surface area contributed by atoms with Crippen LogP contribution in [0.15, 0.2) is 15.9 Å². The molecule has 72 valence electrons. The maximum atomic E-state index is 5.87. The fourth-order valence-electron chi connectivity index (χ4n) is 1.95. The van der Waals surface area contributed by atoms with Crippen molar-refractivity contribution in [1.29, 1.82) is 0 Å². The molecule has 13 heavy (non-hydrogen) atoms. The van der Waals surface area contributed by atoms with Crippen molar-refractivity contribution < 1.29 is 0 Å². The van der Waals surface area contributed by atoms with Gasteiger partial charge in [-0.2, -0.15) is 0 Å². The highest BCUT2D eigenvalue weighted by Gasteiger charge is 2.20. The minimum absolute atomic E-state index is 0.458. The third-order valence-corrected chi connectivity index (χ3v) is 4.62. The lowest BCUT2D eigenvalue weighted by Gasteiger charge is -2.24. The van der Waals surface area contributed by atoms with Crippen LogP contribution in [0.3, 0.4) is 0 Å². The number of thiophene rings is 1. The molecule has 1 aromatic rings. The molecule has 3 heteroatoms. The van der Waals surface area contributed by atoms with Gasteiger partial charge in [0.15, 0.2) is 0 Å². The van der Waals surface area contributed by atoms with Crippen molar-refractivity contribution in [1.82, 2.24) is 0 Å². The first-order valence-electron chi connectivity index (χ1n) is 4.75. The molecule has 1 aliphatic carbocycles. The minimum atomic E-state index is 0.458. The van der Waals surface area contributed by atoms with E-state index in [1.165, 1.54) is 35.0 Å². The second kappa shape index (κ2) is 4.11. The molecule has 0 radical (unpaired) electrons. The summed E-state index contributed by atoms with van der Waals surface area (Å²) in [5.41, 5.74) is 5.87. The first kappa shape index (κ1) is 9.69. The summed E-state index contributed by atoms with van der Waals surface area (Å²) in [6.45, 7) is 0. The van der Waals surface area contributed by atoms with E-state index in [0.717, 1.165) is 5.92 Å². The van der Waals surface area contributed by atoms with Crippen molar-refractivity contribution in [2.45, 2.75) is 37.6 Å². The molecule has 1 aliphatic rings. The summed E-state index contributed by atoms with van der Waals surface area (Å²) < 4.78 is 1.22. The maximum absolute atomic E-state index is 5.87. The van der Waals surface area contributed by atoms with Crippen LogP contribution in [0.2, 0.25) is 0 Å². The molecule has 0 bridgehead atoms. The lowest BCUT2D eigenvalue weighted by Crippen LogP contribution is -2.25. The standard InChI is InChI=1S/C10H14BrNS/c11-8-5-10(13-6-8)7-1-3-9(12)4-2-7/h5-7,9H,1-4,12H2. The summed E-state index contributed by atoms with van der Waals surface area (Å²) in [7, 11) is 0. The Morgan fingerprint density at radius 3 is 2.54 bits per heavy atom. The average Bonchev–Trinajstić information content (AvgIpc) is 2.53. The van der Waals surface area contributed by atoms with Crippen molar-refractivity contribution in [3.8, 4) is 0 Å². The van der Waals surface area contributed by atoms with Crippen LogP contribution in [0, 0.1) is 0 Å². The van der Waals surface area contributed by atoms with E-state index in [9.17, 15) is 0 Å². The summed E-state index contributed by atoms with van der Waals surface area (Å²) in [5, 5.41) is 2.17. The lowest BCUT2D eigenvalue weighted by molar-refractivity contribution is 0.399. The van der Waals surface area contributed by atoms with E-state index in [4.69, 9.17) is 5.73 Å². The van der Waals surface area contributed by atoms with Crippen LogP contribution in [0.5, 0.6) is 0 Å². The summed E-state index contributed by atoms with van der Waals surface area (Å²) >= 11 is 5.37. The highest BCUT2D eigenvalue weighted by atomic mass is 79.9. The molecule has 1 aromatic heterocycles. The predicted molar refractivity (Wildman–Crippen MR) is 61.2 cm³/mol. The van der Waals surface area contributed by atoms with Crippen LogP contribution in [-0.2, 0) is 0 Å². The van der Waals surface area contributed by atoms with Gasteiger partial charge in [-0.25, -0.2) is 0 Å². The van der Waals surface area contributed by atoms with Crippen molar-refractivity contribution in [3.05, 3.63) is 20.8 Å². The molecule has 0 saturated heterocycles. The third kappa shape index (κ3) is 2.33. The van der Waals surface area contributed by atoms with E-state index in [-0.39, 0.29) is 0 Å². The molecule has 1 fully saturated rings. The summed E-state index contributed by atoms with van der Waals surface area (Å²) in [6, 6.07) is 2.71. The van der Waals surface area contributed by atoms with E-state index in [2.05, 4.69) is 27.4 Å². The predicted octanol–water partition coefficient (Wildman–Crippen LogP) is 3.50. The van der Waals surface area contributed by atoms with Gasteiger partial charge in [-0.1, -0.05) is 0 Å². The Bertz CT molecular complexity index is 276. The molecule has 0 atom stereocenters. The number of halogens is 1. The molecule has 2 N–H and O–H groups in total. The van der Waals surface area contributed by atoms with Gasteiger partial charge in [-0.15, -0.1) is 11.3 Å². The van der Waals surface area contributed by atoms with Crippen LogP contribution >= 0.6 is 27.3 Å². The Balaban J connectivity index is 2.02. The van der Waals surface area contributed by atoms with Gasteiger partial charge in [0, 0.05) is 20.8 Å². The van der Waals surface area contributed by atoms with Crippen LogP contribution < -0.4 is 5.73 Å². The summed E-state index contributed by atoms with van der Waals surface area (Å²) in [4.78, 5) is 1.53. The number of nitrogens with two attached hydrogens (primary N) is 1. The minimum Gasteiger partial charge on any atom is -0.328 e. The van der Waals surface area contributed by atoms with Crippen molar-refractivity contribution in [2.24, 2.45) is 5.73 Å². The molecule has 0 unspecified atom stereocenters. The molecular weight excluding hydrogens is 246 g/mol. The second-order valence-corrected chi connectivity index (χ2v) is 5.64. The van der Waals surface area contributed by atoms with Crippen LogP contribution in [0.4, 0.5) is 0 Å². The SMILES string of the molecule is NC1CCC(c2cc(Br)cs2)CC1. The fourth-order valence-corrected chi connectivity index (χ4v) is 3.56. The number of rotatable bonds is 1. The Morgan fingerprint density at radius 2 is 2.00 bits per heavy atom. The Labute approximate surface area is 91.5 Å². The monoisotopic (exact) mass is 259 g/mol. The van der Waals surface area contributed by atoms with E-state index < -0.39 is 0 Å². The van der Waals surface area contributed by atoms with E-state index in [1.807, 2.05) is 11.3 Å². The van der Waals surface area contributed by atoms with Gasteiger partial charge in [0.05, 0.1) is 0 Å². The fraction of sp³-hybridized carbons (Fsp3) is 0.600. The Kier molecular flexibility index (Phi) is 3.06. The number of hydrogen-bond donors (Lipinski definition) is 1. The largest absolute Gasteiger partial charge is 0.328 e. The van der Waals surface area contributed by atoms with Gasteiger partial charge >= 0.3 is 0 Å². The third-order valence-electron chi connectivity index (χ3n) is 2.76. The molecule has 1 nitrogen and oxygen atoms in total. The van der Waals surface area contributed by atoms with Crippen molar-refractivity contribution in [2.75, 3.05) is 0 Å². The Morgan fingerprint density at radius 1 is 1.31 bits per heavy atom. The van der Waals surface area contributed by atoms with Gasteiger partial charge in [-0.05, 0) is 53.6 Å². The molecule has 0 amide bonds. The molecule has 1 saturated carbocycles. The highest BCUT2D eigenvalue weighted by molar-refractivity contribution is 9.10. The van der Waals surface area contributed by atoms with Crippen LogP contribution in [0.25, 0.3) is 0 Å². The summed E-state index contributed by atoms with van der Waals surface area (Å²) in [6.07, 6.45) is 4.93. The molecule has 0 spiro atoms. The number of hydrogen-bond acceptors (Lipinski definition) is 2. The zero-order valence-electron chi connectivity index (χ0n) is 7.50. The van der Waals surface area contributed by atoms with Crippen LogP contribution in [0.1, 0.15) is 36.5 Å². The second-order valence-electron chi connectivity index (χ2n) is 3.78. The van der Waals surface area contributed by atoms with Gasteiger partial charge < -0.3 is 5.73 Å². The molecular formula is C10H14BrNS. The van der Waals surface area contributed by atoms with Gasteiger partial charge in [0.25, 0.3) is 0 Å². The van der Waals surface area contributed by atoms with Crippen molar-refractivity contribution in [3.63, 3.8) is 0 Å². The topological polar surface area (TPSA) is 26.0 Å². The maximum Gasteiger partial charge on any atom is 0.0285 e. The van der Waals surface area contributed by atoms with Crippen molar-refractivity contribution >= 4 is 27.3 Å². The van der Waals surface area contributed by atoms with E-state index in [1.54, 1.807) is 0 Å². The molecule has 1 heterocycles. The van der Waals surface area contributed by atoms with Gasteiger partial charge in [0.2, 0.25) is 0 Å². The normalized spacial score (nSPS) is 29.1. The van der Waals surface area contributed by atoms with Crippen LogP contribution in [-0.4, -0.2) is 6.04 Å². The highest BCUT2D eigenvalue weighted by Crippen LogP contribution is 2.36. The smallest absolute Gasteiger partial charge is 0.0285 e. The Hall–Kier alpha value is 0.140. The average molecular weight is 260 g/mol. The molecule has 2 rings (SSSR count). The van der Waals surface area contributed by atoms with E-state index in [0.29, 0.717) is 6.04 Å². The zero-order chi connectivity index (χ0) is 9.26.